The number of nitrogens with zero attached hydrogens (tertiary/aromatic N) is 1. The van der Waals surface area contributed by atoms with Crippen molar-refractivity contribution in [3.8, 4) is 0 Å². The Labute approximate surface area is 68.4 Å². The van der Waals surface area contributed by atoms with Gasteiger partial charge in [0.15, 0.2) is 6.35 Å². The van der Waals surface area contributed by atoms with Crippen molar-refractivity contribution >= 4 is 0 Å². The van der Waals surface area contributed by atoms with E-state index in [0.717, 1.165) is 19.5 Å². The molecule has 1 saturated heterocycles. The van der Waals surface area contributed by atoms with Gasteiger partial charge < -0.3 is 5.11 Å². The lowest BCUT2D eigenvalue weighted by molar-refractivity contribution is -0.0876. The van der Waals surface area contributed by atoms with Crippen LogP contribution in [0.5, 0.6) is 0 Å². The fraction of sp³-hybridized carbons (Fsp3) is 1.00. The summed E-state index contributed by atoms with van der Waals surface area (Å²) >= 11 is 0. The quantitative estimate of drug-likeness (QED) is 0.534. The molecule has 0 spiro atoms. The summed E-state index contributed by atoms with van der Waals surface area (Å²) in [6.07, 6.45) is 0.665. The van der Waals surface area contributed by atoms with Gasteiger partial charge in [0.1, 0.15) is 0 Å². The van der Waals surface area contributed by atoms with Crippen molar-refractivity contribution in [2.45, 2.75) is 39.1 Å². The molecule has 0 aliphatic carbocycles. The summed E-state index contributed by atoms with van der Waals surface area (Å²) in [6.45, 7) is 8.25. The van der Waals surface area contributed by atoms with Gasteiger partial charge in [-0.15, -0.1) is 0 Å². The van der Waals surface area contributed by atoms with Crippen molar-refractivity contribution < 1.29 is 5.11 Å². The lowest BCUT2D eigenvalue weighted by Gasteiger charge is -2.42. The van der Waals surface area contributed by atoms with Crippen LogP contribution in [0.4, 0.5) is 0 Å². The average molecular weight is 158 g/mol. The zero-order valence-electron chi connectivity index (χ0n) is 7.59. The standard InChI is InChI=1S/C8H18N2O/c1-8(2,3)10-6-4-5-9-7(10)11/h7,9,11H,4-6H2,1-3H3. The predicted molar refractivity (Wildman–Crippen MR) is 45.1 cm³/mol. The van der Waals surface area contributed by atoms with E-state index in [2.05, 4.69) is 31.0 Å². The summed E-state index contributed by atoms with van der Waals surface area (Å²) in [5.41, 5.74) is 0.0623. The highest BCUT2D eigenvalue weighted by Gasteiger charge is 2.28. The summed E-state index contributed by atoms with van der Waals surface area (Å²) in [5.74, 6) is 0. The highest BCUT2D eigenvalue weighted by Crippen LogP contribution is 2.17. The van der Waals surface area contributed by atoms with E-state index in [1.54, 1.807) is 0 Å². The van der Waals surface area contributed by atoms with Crippen molar-refractivity contribution in [1.29, 1.82) is 0 Å². The van der Waals surface area contributed by atoms with Crippen LogP contribution < -0.4 is 5.32 Å². The van der Waals surface area contributed by atoms with E-state index in [1.807, 2.05) is 0 Å². The molecule has 0 aromatic heterocycles. The molecule has 1 fully saturated rings. The number of hydrogen-bond donors (Lipinski definition) is 2. The lowest BCUT2D eigenvalue weighted by Crippen LogP contribution is -2.58. The van der Waals surface area contributed by atoms with Crippen LogP contribution in [0.2, 0.25) is 0 Å². The van der Waals surface area contributed by atoms with Crippen LogP contribution >= 0.6 is 0 Å². The second kappa shape index (κ2) is 3.09. The molecule has 1 aliphatic rings. The maximum Gasteiger partial charge on any atom is 0.163 e. The molecule has 0 aromatic rings. The van der Waals surface area contributed by atoms with E-state index >= 15 is 0 Å². The fourth-order valence-electron chi connectivity index (χ4n) is 1.42. The van der Waals surface area contributed by atoms with Crippen LogP contribution in [0.15, 0.2) is 0 Å². The molecule has 2 N–H and O–H groups in total. The largest absolute Gasteiger partial charge is 0.365 e. The maximum absolute atomic E-state index is 9.52. The summed E-state index contributed by atoms with van der Waals surface area (Å²) in [6, 6.07) is 0. The molecule has 1 unspecified atom stereocenters. The molecule has 66 valence electrons. The minimum atomic E-state index is -0.455. The summed E-state index contributed by atoms with van der Waals surface area (Å²) in [4.78, 5) is 2.07. The molecule has 0 bridgehead atoms. The highest BCUT2D eigenvalue weighted by atomic mass is 16.3. The van der Waals surface area contributed by atoms with Gasteiger partial charge in [-0.1, -0.05) is 0 Å². The number of aliphatic hydroxyl groups excluding tert-OH is 1. The minimum Gasteiger partial charge on any atom is -0.365 e. The third kappa shape index (κ3) is 2.15. The Bertz CT molecular complexity index is 131. The van der Waals surface area contributed by atoms with Crippen LogP contribution in [0.1, 0.15) is 27.2 Å². The van der Waals surface area contributed by atoms with E-state index in [-0.39, 0.29) is 5.54 Å². The normalized spacial score (nSPS) is 28.9. The van der Waals surface area contributed by atoms with Crippen LogP contribution in [0.25, 0.3) is 0 Å². The van der Waals surface area contributed by atoms with E-state index in [0.29, 0.717) is 0 Å². The van der Waals surface area contributed by atoms with Crippen LogP contribution in [-0.2, 0) is 0 Å². The summed E-state index contributed by atoms with van der Waals surface area (Å²) in [7, 11) is 0. The monoisotopic (exact) mass is 158 g/mol. The molecule has 1 aliphatic heterocycles. The predicted octanol–water partition coefficient (Wildman–Crippen LogP) is 0.356. The first-order valence-electron chi connectivity index (χ1n) is 4.20. The third-order valence-electron chi connectivity index (χ3n) is 2.06. The van der Waals surface area contributed by atoms with Crippen LogP contribution in [-0.4, -0.2) is 35.0 Å². The molecule has 1 heterocycles. The van der Waals surface area contributed by atoms with Crippen molar-refractivity contribution in [3.05, 3.63) is 0 Å². The molecule has 0 aromatic carbocycles. The Balaban J connectivity index is 2.55. The zero-order valence-corrected chi connectivity index (χ0v) is 7.59. The fourth-order valence-corrected chi connectivity index (χ4v) is 1.42. The average Bonchev–Trinajstić information content (AvgIpc) is 1.86. The second-order valence-corrected chi connectivity index (χ2v) is 4.05. The Morgan fingerprint density at radius 3 is 2.45 bits per heavy atom. The lowest BCUT2D eigenvalue weighted by atomic mass is 10.1. The van der Waals surface area contributed by atoms with Gasteiger partial charge in [0.05, 0.1) is 0 Å². The van der Waals surface area contributed by atoms with Crippen LogP contribution in [0.3, 0.4) is 0 Å². The van der Waals surface area contributed by atoms with Gasteiger partial charge in [0.25, 0.3) is 0 Å². The molecule has 1 rings (SSSR count). The first kappa shape index (κ1) is 8.97. The smallest absolute Gasteiger partial charge is 0.163 e. The van der Waals surface area contributed by atoms with Gasteiger partial charge >= 0.3 is 0 Å². The molecule has 3 nitrogen and oxygen atoms in total. The molecule has 3 heteroatoms. The minimum absolute atomic E-state index is 0.0623. The first-order valence-corrected chi connectivity index (χ1v) is 4.20. The van der Waals surface area contributed by atoms with Crippen molar-refractivity contribution in [2.75, 3.05) is 13.1 Å². The maximum atomic E-state index is 9.52. The Hall–Kier alpha value is -0.120. The third-order valence-corrected chi connectivity index (χ3v) is 2.06. The molecule has 11 heavy (non-hydrogen) atoms. The highest BCUT2D eigenvalue weighted by molar-refractivity contribution is 4.80. The molecule has 0 amide bonds. The van der Waals surface area contributed by atoms with Gasteiger partial charge in [0.2, 0.25) is 0 Å². The second-order valence-electron chi connectivity index (χ2n) is 4.05. The number of hydrogen-bond acceptors (Lipinski definition) is 3. The zero-order chi connectivity index (χ0) is 8.48. The van der Waals surface area contributed by atoms with Gasteiger partial charge in [-0.05, 0) is 33.7 Å². The molecule has 1 atom stereocenters. The Morgan fingerprint density at radius 1 is 1.45 bits per heavy atom. The Kier molecular flexibility index (Phi) is 2.52. The number of rotatable bonds is 0. The summed E-state index contributed by atoms with van der Waals surface area (Å²) < 4.78 is 0. The number of nitrogens with one attached hydrogen (secondary N) is 1. The van der Waals surface area contributed by atoms with Gasteiger partial charge in [-0.25, -0.2) is 0 Å². The van der Waals surface area contributed by atoms with Crippen molar-refractivity contribution in [2.24, 2.45) is 0 Å². The van der Waals surface area contributed by atoms with Crippen LogP contribution in [0, 0.1) is 0 Å². The SMILES string of the molecule is CC(C)(C)N1CCCNC1O. The number of aliphatic hydroxyl groups is 1. The first-order chi connectivity index (χ1) is 5.02. The van der Waals surface area contributed by atoms with Crippen molar-refractivity contribution in [3.63, 3.8) is 0 Å². The van der Waals surface area contributed by atoms with Crippen molar-refractivity contribution in [1.82, 2.24) is 10.2 Å². The summed E-state index contributed by atoms with van der Waals surface area (Å²) in [5, 5.41) is 12.5. The topological polar surface area (TPSA) is 35.5 Å². The molecule has 0 saturated carbocycles. The van der Waals surface area contributed by atoms with E-state index < -0.39 is 6.35 Å². The van der Waals surface area contributed by atoms with E-state index in [4.69, 9.17) is 0 Å². The molecule has 0 radical (unpaired) electrons. The Morgan fingerprint density at radius 2 is 2.09 bits per heavy atom. The van der Waals surface area contributed by atoms with E-state index in [1.165, 1.54) is 0 Å². The molecular formula is C8H18N2O. The van der Waals surface area contributed by atoms with Gasteiger partial charge in [-0.2, -0.15) is 0 Å². The van der Waals surface area contributed by atoms with E-state index in [9.17, 15) is 5.11 Å². The van der Waals surface area contributed by atoms with Gasteiger partial charge in [-0.3, -0.25) is 10.2 Å². The van der Waals surface area contributed by atoms with Gasteiger partial charge in [0, 0.05) is 12.1 Å². The molecular weight excluding hydrogens is 140 g/mol.